The molecule has 0 saturated heterocycles. The van der Waals surface area contributed by atoms with E-state index in [1.165, 1.54) is 82.5 Å². The monoisotopic (exact) mass is 492 g/mol. The van der Waals surface area contributed by atoms with Crippen LogP contribution in [-0.2, 0) is 0 Å². The van der Waals surface area contributed by atoms with Crippen molar-refractivity contribution in [1.29, 1.82) is 0 Å². The van der Waals surface area contributed by atoms with Gasteiger partial charge in [0.25, 0.3) is 6.71 Å². The van der Waals surface area contributed by atoms with E-state index in [-0.39, 0.29) is 6.71 Å². The summed E-state index contributed by atoms with van der Waals surface area (Å²) in [7, 11) is 0. The molecule has 0 saturated carbocycles. The van der Waals surface area contributed by atoms with E-state index in [2.05, 4.69) is 137 Å². The molecule has 178 valence electrons. The summed E-state index contributed by atoms with van der Waals surface area (Å²) in [5, 5.41) is 5.29. The van der Waals surface area contributed by atoms with Gasteiger partial charge in [-0.05, 0) is 40.2 Å². The van der Waals surface area contributed by atoms with Crippen LogP contribution < -0.4 is 16.4 Å². The van der Waals surface area contributed by atoms with E-state index < -0.39 is 0 Å². The fourth-order valence-corrected chi connectivity index (χ4v) is 7.69. The number of hydrogen-bond acceptors (Lipinski definition) is 0. The molecule has 0 atom stereocenters. The zero-order valence-electron chi connectivity index (χ0n) is 21.1. The van der Waals surface area contributed by atoms with Crippen LogP contribution in [0.1, 0.15) is 0 Å². The van der Waals surface area contributed by atoms with E-state index in [0.29, 0.717) is 0 Å². The first kappa shape index (κ1) is 20.0. The van der Waals surface area contributed by atoms with Crippen LogP contribution in [0.5, 0.6) is 0 Å². The second-order valence-electron chi connectivity index (χ2n) is 10.9. The lowest BCUT2D eigenvalue weighted by atomic mass is 9.34. The van der Waals surface area contributed by atoms with Crippen molar-refractivity contribution in [2.75, 3.05) is 0 Å². The van der Waals surface area contributed by atoms with Crippen molar-refractivity contribution in [2.24, 2.45) is 0 Å². The first-order chi connectivity index (χ1) is 19.4. The van der Waals surface area contributed by atoms with Gasteiger partial charge < -0.3 is 9.13 Å². The topological polar surface area (TPSA) is 9.86 Å². The molecule has 0 bridgehead atoms. The minimum Gasteiger partial charge on any atom is -0.310 e. The molecule has 2 aliphatic rings. The Labute approximate surface area is 225 Å². The lowest BCUT2D eigenvalue weighted by Crippen LogP contribution is -2.59. The van der Waals surface area contributed by atoms with Gasteiger partial charge in [-0.1, -0.05) is 109 Å². The number of hydrogen-bond donors (Lipinski definition) is 0. The molecular weight excluding hydrogens is 471 g/mol. The number of fused-ring (bicyclic) bond motifs is 11. The minimum absolute atomic E-state index is 0.166. The van der Waals surface area contributed by atoms with Gasteiger partial charge in [0.15, 0.2) is 0 Å². The van der Waals surface area contributed by atoms with Crippen LogP contribution in [0.2, 0.25) is 0 Å². The molecule has 8 aromatic rings. The van der Waals surface area contributed by atoms with Gasteiger partial charge in [0.05, 0.1) is 16.6 Å². The number of benzene rings is 6. The van der Waals surface area contributed by atoms with Gasteiger partial charge in [0.2, 0.25) is 0 Å². The van der Waals surface area contributed by atoms with Crippen LogP contribution in [0, 0.1) is 0 Å². The normalized spacial score (nSPS) is 13.1. The second-order valence-corrected chi connectivity index (χ2v) is 10.9. The van der Waals surface area contributed by atoms with Crippen molar-refractivity contribution < 1.29 is 0 Å². The average molecular weight is 492 g/mol. The van der Waals surface area contributed by atoms with Crippen molar-refractivity contribution in [3.63, 3.8) is 0 Å². The molecule has 2 nitrogen and oxygen atoms in total. The maximum Gasteiger partial charge on any atom is 0.252 e. The standard InChI is InChI=1S/C36H21BN2/c1-2-10-22(11-3-1)23-14-8-16-28-34(23)39-31-19-7-5-13-25(31)27-20-21-32-33(36(27)39)37(28)29-17-9-15-26-24-12-4-6-18-30(24)38(32)35(26)29/h1-21H. The average Bonchev–Trinajstić information content (AvgIpc) is 3.52. The summed E-state index contributed by atoms with van der Waals surface area (Å²) in [6, 6.07) is 47.2. The first-order valence-electron chi connectivity index (χ1n) is 13.7. The molecule has 0 radical (unpaired) electrons. The largest absolute Gasteiger partial charge is 0.310 e. The van der Waals surface area contributed by atoms with Gasteiger partial charge in [-0.2, -0.15) is 0 Å². The van der Waals surface area contributed by atoms with E-state index in [4.69, 9.17) is 0 Å². The molecule has 2 aliphatic heterocycles. The van der Waals surface area contributed by atoms with Crippen LogP contribution in [-0.4, -0.2) is 15.8 Å². The number of aromatic nitrogens is 2. The summed E-state index contributed by atoms with van der Waals surface area (Å²) in [6.07, 6.45) is 0. The summed E-state index contributed by atoms with van der Waals surface area (Å²) in [4.78, 5) is 0. The Morgan fingerprint density at radius 3 is 1.90 bits per heavy atom. The summed E-state index contributed by atoms with van der Waals surface area (Å²) >= 11 is 0. The Morgan fingerprint density at radius 1 is 0.436 bits per heavy atom. The van der Waals surface area contributed by atoms with Gasteiger partial charge in [0, 0.05) is 44.0 Å². The molecule has 0 spiro atoms. The fraction of sp³-hybridized carbons (Fsp3) is 0. The van der Waals surface area contributed by atoms with Crippen LogP contribution in [0.4, 0.5) is 0 Å². The van der Waals surface area contributed by atoms with E-state index in [1.54, 1.807) is 0 Å². The second kappa shape index (κ2) is 6.89. The van der Waals surface area contributed by atoms with Gasteiger partial charge in [-0.15, -0.1) is 0 Å². The Balaban J connectivity index is 1.49. The van der Waals surface area contributed by atoms with Crippen LogP contribution >= 0.6 is 0 Å². The van der Waals surface area contributed by atoms with E-state index in [1.807, 2.05) is 0 Å². The maximum absolute atomic E-state index is 2.56. The maximum atomic E-state index is 2.56. The van der Waals surface area contributed by atoms with Crippen molar-refractivity contribution in [1.82, 2.24) is 9.13 Å². The molecule has 0 amide bonds. The Morgan fingerprint density at radius 2 is 1.08 bits per heavy atom. The molecule has 39 heavy (non-hydrogen) atoms. The summed E-state index contributed by atoms with van der Waals surface area (Å²) < 4.78 is 5.09. The van der Waals surface area contributed by atoms with Crippen molar-refractivity contribution >= 4 is 66.7 Å². The molecular formula is C36H21BN2. The molecule has 3 heteroatoms. The highest BCUT2D eigenvalue weighted by atomic mass is 15.0. The summed E-state index contributed by atoms with van der Waals surface area (Å²) in [5.74, 6) is 0. The Hall–Kier alpha value is -5.02. The van der Waals surface area contributed by atoms with Gasteiger partial charge >= 0.3 is 0 Å². The highest BCUT2D eigenvalue weighted by Crippen LogP contribution is 2.41. The third-order valence-electron chi connectivity index (χ3n) is 9.11. The van der Waals surface area contributed by atoms with Gasteiger partial charge in [-0.25, -0.2) is 0 Å². The zero-order chi connectivity index (χ0) is 25.2. The molecule has 10 rings (SSSR count). The Bertz CT molecular complexity index is 2340. The quantitative estimate of drug-likeness (QED) is 0.226. The third-order valence-corrected chi connectivity index (χ3v) is 9.11. The molecule has 6 aromatic carbocycles. The molecule has 0 N–H and O–H groups in total. The first-order valence-corrected chi connectivity index (χ1v) is 13.7. The molecule has 0 unspecified atom stereocenters. The molecule has 0 aliphatic carbocycles. The van der Waals surface area contributed by atoms with E-state index in [0.717, 1.165) is 0 Å². The number of nitrogens with zero attached hydrogens (tertiary/aromatic N) is 2. The molecule has 0 fully saturated rings. The van der Waals surface area contributed by atoms with Crippen molar-refractivity contribution in [2.45, 2.75) is 0 Å². The number of rotatable bonds is 1. The zero-order valence-corrected chi connectivity index (χ0v) is 21.1. The van der Waals surface area contributed by atoms with Crippen LogP contribution in [0.3, 0.4) is 0 Å². The van der Waals surface area contributed by atoms with Crippen molar-refractivity contribution in [3.05, 3.63) is 127 Å². The molecule has 4 heterocycles. The SMILES string of the molecule is c1ccc(-c2cccc3c2-n2c4ccccc4c4ccc5c(c42)B3c2cccc3c4ccccc4n-5c23)cc1. The van der Waals surface area contributed by atoms with E-state index in [9.17, 15) is 0 Å². The highest BCUT2D eigenvalue weighted by molar-refractivity contribution is 7.00. The number of para-hydroxylation sites is 4. The predicted octanol–water partition coefficient (Wildman–Crippen LogP) is 6.69. The van der Waals surface area contributed by atoms with Crippen molar-refractivity contribution in [3.8, 4) is 22.5 Å². The fourth-order valence-electron chi connectivity index (χ4n) is 7.69. The summed E-state index contributed by atoms with van der Waals surface area (Å²) in [6.45, 7) is 0.166. The predicted molar refractivity (Wildman–Crippen MR) is 165 cm³/mol. The lowest BCUT2D eigenvalue weighted by Gasteiger charge is -2.34. The van der Waals surface area contributed by atoms with Crippen LogP contribution in [0.15, 0.2) is 127 Å². The summed E-state index contributed by atoms with van der Waals surface area (Å²) in [5.41, 5.74) is 14.6. The van der Waals surface area contributed by atoms with Gasteiger partial charge in [0.1, 0.15) is 0 Å². The minimum atomic E-state index is 0.166. The molecule has 2 aromatic heterocycles. The highest BCUT2D eigenvalue weighted by Gasteiger charge is 2.41. The lowest BCUT2D eigenvalue weighted by molar-refractivity contribution is 1.16. The smallest absolute Gasteiger partial charge is 0.252 e. The van der Waals surface area contributed by atoms with Gasteiger partial charge in [-0.3, -0.25) is 0 Å². The van der Waals surface area contributed by atoms with Crippen LogP contribution in [0.25, 0.3) is 66.1 Å². The Kier molecular flexibility index (Phi) is 3.54. The third kappa shape index (κ3) is 2.27. The van der Waals surface area contributed by atoms with E-state index >= 15 is 0 Å².